The van der Waals surface area contributed by atoms with Crippen molar-refractivity contribution in [3.05, 3.63) is 65.2 Å². The smallest absolute Gasteiger partial charge is 0.250 e. The van der Waals surface area contributed by atoms with Crippen LogP contribution in [-0.2, 0) is 10.2 Å². The van der Waals surface area contributed by atoms with E-state index in [9.17, 15) is 9.18 Å². The summed E-state index contributed by atoms with van der Waals surface area (Å²) in [5.74, 6) is -1.43. The lowest BCUT2D eigenvalue weighted by atomic mass is 9.76. The summed E-state index contributed by atoms with van der Waals surface area (Å²) in [4.78, 5) is 11.3. The maximum absolute atomic E-state index is 14.6. The van der Waals surface area contributed by atoms with Crippen molar-refractivity contribution in [2.24, 2.45) is 5.73 Å². The monoisotopic (exact) mass is 354 g/mol. The molecule has 1 aromatic rings. The molecule has 5 N–H and O–H groups in total. The van der Waals surface area contributed by atoms with Crippen molar-refractivity contribution < 1.29 is 9.18 Å². The molecule has 1 aromatic carbocycles. The average Bonchev–Trinajstić information content (AvgIpc) is 2.62. The number of hydrogen-bond acceptors (Lipinski definition) is 4. The number of hydrogen-bond donors (Lipinski definition) is 4. The van der Waals surface area contributed by atoms with Gasteiger partial charge in [0.2, 0.25) is 5.95 Å². The normalized spacial score (nSPS) is 24.8. The van der Waals surface area contributed by atoms with E-state index in [0.717, 1.165) is 25.9 Å². The topological polar surface area (TPSA) is 91.0 Å². The number of allylic oxidation sites excluding steroid dienone is 4. The van der Waals surface area contributed by atoms with Crippen LogP contribution in [0.5, 0.6) is 0 Å². The van der Waals surface area contributed by atoms with Crippen molar-refractivity contribution in [3.63, 3.8) is 0 Å². The number of piperidine rings is 1. The van der Waals surface area contributed by atoms with Gasteiger partial charge in [-0.2, -0.15) is 4.39 Å². The highest BCUT2D eigenvalue weighted by Gasteiger charge is 2.28. The van der Waals surface area contributed by atoms with Crippen LogP contribution in [0.1, 0.15) is 25.3 Å². The number of halogens is 1. The van der Waals surface area contributed by atoms with E-state index in [-0.39, 0.29) is 22.3 Å². The molecule has 26 heavy (non-hydrogen) atoms. The first-order chi connectivity index (χ1) is 12.4. The van der Waals surface area contributed by atoms with Gasteiger partial charge in [0.15, 0.2) is 0 Å². The molecule has 0 aromatic heterocycles. The standard InChI is InChI=1S/C20H23FN4O/c1-20(10-3-11-24-12-20)13-6-8-14(9-7-13)25-18(21)15-4-2-5-16(17(15)22)19(23)26/h2,4-9,22,24-25H,3,10-12H2,1H3,(H2,23,26)/b18-15-,22-17?/t20-/m1/s1. The minimum atomic E-state index is -0.747. The Balaban J connectivity index is 1.77. The van der Waals surface area contributed by atoms with Gasteiger partial charge in [-0.05, 0) is 49.2 Å². The summed E-state index contributed by atoms with van der Waals surface area (Å²) >= 11 is 0. The summed E-state index contributed by atoms with van der Waals surface area (Å²) in [6.45, 7) is 4.22. The molecule has 6 heteroatoms. The third-order valence-electron chi connectivity index (χ3n) is 5.00. The Hall–Kier alpha value is -2.73. The molecule has 2 aliphatic rings. The van der Waals surface area contributed by atoms with Crippen LogP contribution in [0.4, 0.5) is 10.1 Å². The van der Waals surface area contributed by atoms with Crippen LogP contribution >= 0.6 is 0 Å². The van der Waals surface area contributed by atoms with Gasteiger partial charge in [-0.3, -0.25) is 10.2 Å². The van der Waals surface area contributed by atoms with Crippen molar-refractivity contribution in [1.82, 2.24) is 5.32 Å². The highest BCUT2D eigenvalue weighted by molar-refractivity contribution is 6.28. The zero-order valence-electron chi connectivity index (χ0n) is 14.7. The minimum Gasteiger partial charge on any atom is -0.366 e. The van der Waals surface area contributed by atoms with Gasteiger partial charge in [0.25, 0.3) is 5.91 Å². The summed E-state index contributed by atoms with van der Waals surface area (Å²) in [6.07, 6.45) is 6.63. The first-order valence-corrected chi connectivity index (χ1v) is 8.66. The fraction of sp³-hybridized carbons (Fsp3) is 0.300. The number of primary amides is 1. The molecule has 0 unspecified atom stereocenters. The lowest BCUT2D eigenvalue weighted by Crippen LogP contribution is -2.41. The molecule has 0 saturated carbocycles. The van der Waals surface area contributed by atoms with Crippen LogP contribution in [0, 0.1) is 5.41 Å². The highest BCUT2D eigenvalue weighted by atomic mass is 19.1. The van der Waals surface area contributed by atoms with Gasteiger partial charge in [-0.15, -0.1) is 0 Å². The molecule has 1 heterocycles. The summed E-state index contributed by atoms with van der Waals surface area (Å²) in [5.41, 5.74) is 6.89. The molecule has 0 radical (unpaired) electrons. The van der Waals surface area contributed by atoms with E-state index in [4.69, 9.17) is 11.1 Å². The molecule has 0 bridgehead atoms. The van der Waals surface area contributed by atoms with Crippen LogP contribution in [0.3, 0.4) is 0 Å². The quantitative estimate of drug-likeness (QED) is 0.627. The predicted molar refractivity (Wildman–Crippen MR) is 102 cm³/mol. The summed E-state index contributed by atoms with van der Waals surface area (Å²) in [7, 11) is 0. The Kier molecular flexibility index (Phi) is 5.04. The number of carbonyl (C=O) groups excluding carboxylic acids is 1. The number of rotatable bonds is 4. The molecule has 5 nitrogen and oxygen atoms in total. The van der Waals surface area contributed by atoms with Crippen molar-refractivity contribution in [3.8, 4) is 0 Å². The van der Waals surface area contributed by atoms with E-state index in [1.54, 1.807) is 0 Å². The van der Waals surface area contributed by atoms with Gasteiger partial charge >= 0.3 is 0 Å². The molecule has 1 saturated heterocycles. The van der Waals surface area contributed by atoms with Crippen LogP contribution in [0.25, 0.3) is 0 Å². The minimum absolute atomic E-state index is 0.00692. The molecule has 1 atom stereocenters. The number of nitrogens with two attached hydrogens (primary N) is 1. The lowest BCUT2D eigenvalue weighted by molar-refractivity contribution is -0.114. The van der Waals surface area contributed by atoms with Crippen LogP contribution < -0.4 is 16.4 Å². The van der Waals surface area contributed by atoms with Crippen LogP contribution in [0.2, 0.25) is 0 Å². The third-order valence-corrected chi connectivity index (χ3v) is 5.00. The SMILES string of the molecule is C[C@@]1(c2ccc(N/C(F)=C3/C=CC=C(C(N)=O)C3=N)cc2)CCCNC1. The fourth-order valence-electron chi connectivity index (χ4n) is 3.39. The second kappa shape index (κ2) is 7.25. The Morgan fingerprint density at radius 3 is 2.69 bits per heavy atom. The number of benzene rings is 1. The lowest BCUT2D eigenvalue weighted by Gasteiger charge is -2.34. The summed E-state index contributed by atoms with van der Waals surface area (Å²) in [6, 6.07) is 7.67. The fourth-order valence-corrected chi connectivity index (χ4v) is 3.39. The van der Waals surface area contributed by atoms with E-state index in [1.165, 1.54) is 23.8 Å². The van der Waals surface area contributed by atoms with Crippen molar-refractivity contribution >= 4 is 17.3 Å². The Labute approximate surface area is 152 Å². The third kappa shape index (κ3) is 3.60. The number of anilines is 1. The van der Waals surface area contributed by atoms with Gasteiger partial charge in [-0.1, -0.05) is 25.1 Å². The zero-order chi connectivity index (χ0) is 18.7. The molecule has 1 fully saturated rings. The maximum atomic E-state index is 14.6. The largest absolute Gasteiger partial charge is 0.366 e. The number of amides is 1. The van der Waals surface area contributed by atoms with Gasteiger partial charge < -0.3 is 16.4 Å². The van der Waals surface area contributed by atoms with E-state index in [0.29, 0.717) is 5.69 Å². The average molecular weight is 354 g/mol. The Morgan fingerprint density at radius 2 is 2.08 bits per heavy atom. The van der Waals surface area contributed by atoms with E-state index >= 15 is 0 Å². The predicted octanol–water partition coefficient (Wildman–Crippen LogP) is 2.92. The molecule has 136 valence electrons. The first-order valence-electron chi connectivity index (χ1n) is 8.66. The van der Waals surface area contributed by atoms with Gasteiger partial charge in [0.05, 0.1) is 16.9 Å². The van der Waals surface area contributed by atoms with Crippen molar-refractivity contribution in [2.75, 3.05) is 18.4 Å². The van der Waals surface area contributed by atoms with E-state index < -0.39 is 11.9 Å². The van der Waals surface area contributed by atoms with Crippen LogP contribution in [0.15, 0.2) is 59.6 Å². The zero-order valence-corrected chi connectivity index (χ0v) is 14.7. The highest BCUT2D eigenvalue weighted by Crippen LogP contribution is 2.31. The van der Waals surface area contributed by atoms with Gasteiger partial charge in [0.1, 0.15) is 0 Å². The van der Waals surface area contributed by atoms with Crippen molar-refractivity contribution in [2.45, 2.75) is 25.2 Å². The molecule has 0 spiro atoms. The summed E-state index contributed by atoms with van der Waals surface area (Å²) < 4.78 is 14.6. The Bertz CT molecular complexity index is 815. The van der Waals surface area contributed by atoms with Gasteiger partial charge in [-0.25, -0.2) is 0 Å². The van der Waals surface area contributed by atoms with Gasteiger partial charge in [0, 0.05) is 17.6 Å². The summed E-state index contributed by atoms with van der Waals surface area (Å²) in [5, 5.41) is 14.1. The molecule has 1 amide bonds. The Morgan fingerprint density at radius 1 is 1.35 bits per heavy atom. The van der Waals surface area contributed by atoms with E-state index in [2.05, 4.69) is 17.6 Å². The van der Waals surface area contributed by atoms with Crippen LogP contribution in [-0.4, -0.2) is 24.7 Å². The molecular formula is C20H23FN4O. The molecule has 1 aliphatic carbocycles. The molecular weight excluding hydrogens is 331 g/mol. The molecule has 3 rings (SSSR count). The number of carbonyl (C=O) groups is 1. The second-order valence-electron chi connectivity index (χ2n) is 6.95. The van der Waals surface area contributed by atoms with E-state index in [1.807, 2.05) is 24.3 Å². The second-order valence-corrected chi connectivity index (χ2v) is 6.95. The molecule has 1 aliphatic heterocycles. The number of nitrogens with one attached hydrogen (secondary N) is 3. The maximum Gasteiger partial charge on any atom is 0.250 e. The van der Waals surface area contributed by atoms with Crippen molar-refractivity contribution in [1.29, 1.82) is 5.41 Å². The first kappa shape index (κ1) is 18.1.